The van der Waals surface area contributed by atoms with Crippen LogP contribution in [0.2, 0.25) is 0 Å². The minimum Gasteiger partial charge on any atom is -0.324 e. The number of fused-ring (bicyclic) bond motifs is 2. The third-order valence-electron chi connectivity index (χ3n) is 6.71. The molecule has 150 valence electrons. The van der Waals surface area contributed by atoms with Crippen molar-refractivity contribution in [1.82, 2.24) is 0 Å². The Morgan fingerprint density at radius 2 is 1.53 bits per heavy atom. The van der Waals surface area contributed by atoms with Gasteiger partial charge < -0.3 is 5.73 Å². The van der Waals surface area contributed by atoms with Gasteiger partial charge in [-0.1, -0.05) is 55.5 Å². The first kappa shape index (κ1) is 18.8. The molecule has 2 aliphatic rings. The molecule has 3 unspecified atom stereocenters. The Labute approximate surface area is 176 Å². The Kier molecular flexibility index (Phi) is 4.52. The summed E-state index contributed by atoms with van der Waals surface area (Å²) in [7, 11) is 0. The van der Waals surface area contributed by atoms with Crippen LogP contribution >= 0.6 is 0 Å². The van der Waals surface area contributed by atoms with E-state index in [1.165, 1.54) is 10.5 Å². The topological polar surface area (TPSA) is 63.4 Å². The number of hydrogen-bond donors (Lipinski definition) is 1. The SMILES string of the molecule is CC(c1ccccc1)C1CCc2cc(N3C(=O)c4ccccc4C3=O)ccc2C1N. The number of amides is 2. The van der Waals surface area contributed by atoms with Gasteiger partial charge in [0, 0.05) is 6.04 Å². The zero-order chi connectivity index (χ0) is 20.8. The van der Waals surface area contributed by atoms with E-state index >= 15 is 0 Å². The molecule has 30 heavy (non-hydrogen) atoms. The summed E-state index contributed by atoms with van der Waals surface area (Å²) in [6.45, 7) is 2.25. The number of imide groups is 1. The fourth-order valence-corrected chi connectivity index (χ4v) is 4.99. The fourth-order valence-electron chi connectivity index (χ4n) is 4.99. The molecule has 0 spiro atoms. The van der Waals surface area contributed by atoms with Gasteiger partial charge in [-0.3, -0.25) is 9.59 Å². The van der Waals surface area contributed by atoms with Gasteiger partial charge in [-0.15, -0.1) is 0 Å². The van der Waals surface area contributed by atoms with Crippen LogP contribution in [0.15, 0.2) is 72.8 Å². The molecule has 1 heterocycles. The Morgan fingerprint density at radius 1 is 0.900 bits per heavy atom. The van der Waals surface area contributed by atoms with Crippen LogP contribution in [0.3, 0.4) is 0 Å². The second kappa shape index (κ2) is 7.22. The summed E-state index contributed by atoms with van der Waals surface area (Å²) in [5, 5.41) is 0. The number of nitrogens with zero attached hydrogens (tertiary/aromatic N) is 1. The van der Waals surface area contributed by atoms with E-state index in [-0.39, 0.29) is 17.9 Å². The number of rotatable bonds is 3. The third-order valence-corrected chi connectivity index (χ3v) is 6.71. The zero-order valence-corrected chi connectivity index (χ0v) is 16.9. The standard InChI is InChI=1S/C26H24N2O2/c1-16(17-7-3-2-4-8-17)20-13-11-18-15-19(12-14-21(18)24(20)27)28-25(29)22-9-5-6-10-23(22)26(28)30/h2-10,12,14-16,20,24H,11,13,27H2,1H3. The fraction of sp³-hybridized carbons (Fsp3) is 0.231. The molecule has 2 N–H and O–H groups in total. The lowest BCUT2D eigenvalue weighted by atomic mass is 9.72. The second-order valence-corrected chi connectivity index (χ2v) is 8.30. The van der Waals surface area contributed by atoms with E-state index < -0.39 is 0 Å². The van der Waals surface area contributed by atoms with Gasteiger partial charge in [-0.05, 0) is 65.6 Å². The van der Waals surface area contributed by atoms with E-state index in [9.17, 15) is 9.59 Å². The van der Waals surface area contributed by atoms with E-state index in [2.05, 4.69) is 31.2 Å². The van der Waals surface area contributed by atoms with Crippen molar-refractivity contribution in [3.8, 4) is 0 Å². The summed E-state index contributed by atoms with van der Waals surface area (Å²) in [5.74, 6) is 0.202. The molecule has 2 amide bonds. The van der Waals surface area contributed by atoms with Gasteiger partial charge in [-0.25, -0.2) is 4.90 Å². The van der Waals surface area contributed by atoms with Crippen molar-refractivity contribution in [2.75, 3.05) is 4.90 Å². The van der Waals surface area contributed by atoms with Crippen molar-refractivity contribution in [1.29, 1.82) is 0 Å². The van der Waals surface area contributed by atoms with Gasteiger partial charge >= 0.3 is 0 Å². The first-order valence-corrected chi connectivity index (χ1v) is 10.5. The molecule has 0 fully saturated rings. The van der Waals surface area contributed by atoms with Crippen LogP contribution in [0.25, 0.3) is 0 Å². The molecule has 0 radical (unpaired) electrons. The van der Waals surface area contributed by atoms with E-state index in [0.29, 0.717) is 28.7 Å². The lowest BCUT2D eigenvalue weighted by Crippen LogP contribution is -2.32. The number of benzene rings is 3. The predicted molar refractivity (Wildman–Crippen MR) is 118 cm³/mol. The number of aryl methyl sites for hydroxylation is 1. The molecule has 5 rings (SSSR count). The largest absolute Gasteiger partial charge is 0.324 e. The summed E-state index contributed by atoms with van der Waals surface area (Å²) in [4.78, 5) is 26.9. The number of nitrogens with two attached hydrogens (primary N) is 1. The summed E-state index contributed by atoms with van der Waals surface area (Å²) in [6.07, 6.45) is 1.87. The highest BCUT2D eigenvalue weighted by molar-refractivity contribution is 6.34. The van der Waals surface area contributed by atoms with E-state index in [4.69, 9.17) is 5.73 Å². The van der Waals surface area contributed by atoms with Crippen molar-refractivity contribution in [3.05, 3.63) is 101 Å². The molecule has 0 saturated heterocycles. The monoisotopic (exact) mass is 396 g/mol. The van der Waals surface area contributed by atoms with Crippen molar-refractivity contribution in [2.24, 2.45) is 11.7 Å². The average molecular weight is 396 g/mol. The minimum absolute atomic E-state index is 0.0693. The Hall–Kier alpha value is -3.24. The number of hydrogen-bond acceptors (Lipinski definition) is 3. The van der Waals surface area contributed by atoms with Crippen LogP contribution in [0.1, 0.15) is 62.7 Å². The molecular weight excluding hydrogens is 372 g/mol. The Morgan fingerprint density at radius 3 is 2.20 bits per heavy atom. The van der Waals surface area contributed by atoms with Crippen molar-refractivity contribution in [2.45, 2.75) is 31.7 Å². The predicted octanol–water partition coefficient (Wildman–Crippen LogP) is 4.85. The van der Waals surface area contributed by atoms with Crippen molar-refractivity contribution < 1.29 is 9.59 Å². The van der Waals surface area contributed by atoms with Gasteiger partial charge in [0.25, 0.3) is 11.8 Å². The quantitative estimate of drug-likeness (QED) is 0.644. The van der Waals surface area contributed by atoms with Gasteiger partial charge in [-0.2, -0.15) is 0 Å². The minimum atomic E-state index is -0.258. The van der Waals surface area contributed by atoms with Crippen molar-refractivity contribution >= 4 is 17.5 Å². The van der Waals surface area contributed by atoms with Gasteiger partial charge in [0.2, 0.25) is 0 Å². The van der Waals surface area contributed by atoms with Crippen LogP contribution in [-0.2, 0) is 6.42 Å². The molecular formula is C26H24N2O2. The first-order chi connectivity index (χ1) is 14.6. The van der Waals surface area contributed by atoms with Gasteiger partial charge in [0.15, 0.2) is 0 Å². The Bertz CT molecular complexity index is 1100. The molecule has 4 nitrogen and oxygen atoms in total. The third kappa shape index (κ3) is 2.87. The highest BCUT2D eigenvalue weighted by atomic mass is 16.2. The molecule has 4 heteroatoms. The lowest BCUT2D eigenvalue weighted by molar-refractivity contribution is 0.0926. The molecule has 3 atom stereocenters. The molecule has 0 aromatic heterocycles. The second-order valence-electron chi connectivity index (χ2n) is 8.30. The molecule has 0 saturated carbocycles. The summed E-state index contributed by atoms with van der Waals surface area (Å²) < 4.78 is 0. The zero-order valence-electron chi connectivity index (χ0n) is 16.9. The molecule has 3 aromatic rings. The maximum atomic E-state index is 12.8. The number of anilines is 1. The highest BCUT2D eigenvalue weighted by Crippen LogP contribution is 2.42. The van der Waals surface area contributed by atoms with Crippen LogP contribution in [-0.4, -0.2) is 11.8 Å². The van der Waals surface area contributed by atoms with Crippen LogP contribution in [0, 0.1) is 5.92 Å². The van der Waals surface area contributed by atoms with Crippen LogP contribution in [0.5, 0.6) is 0 Å². The maximum Gasteiger partial charge on any atom is 0.266 e. The summed E-state index contributed by atoms with van der Waals surface area (Å²) >= 11 is 0. The van der Waals surface area contributed by atoms with Gasteiger partial charge in [0.05, 0.1) is 16.8 Å². The first-order valence-electron chi connectivity index (χ1n) is 10.5. The van der Waals surface area contributed by atoms with Crippen LogP contribution in [0.4, 0.5) is 5.69 Å². The van der Waals surface area contributed by atoms with E-state index in [0.717, 1.165) is 24.0 Å². The average Bonchev–Trinajstić information content (AvgIpc) is 3.04. The Balaban J connectivity index is 1.44. The maximum absolute atomic E-state index is 12.8. The normalized spacial score (nSPS) is 21.3. The summed E-state index contributed by atoms with van der Waals surface area (Å²) in [5.41, 5.74) is 11.8. The van der Waals surface area contributed by atoms with E-state index in [1.54, 1.807) is 24.3 Å². The molecule has 3 aromatic carbocycles. The molecule has 1 aliphatic heterocycles. The number of carbonyl (C=O) groups excluding carboxylic acids is 2. The van der Waals surface area contributed by atoms with Gasteiger partial charge in [0.1, 0.15) is 0 Å². The molecule has 0 bridgehead atoms. The molecule has 1 aliphatic carbocycles. The summed E-state index contributed by atoms with van der Waals surface area (Å²) in [6, 6.07) is 23.3. The van der Waals surface area contributed by atoms with E-state index in [1.807, 2.05) is 24.3 Å². The highest BCUT2D eigenvalue weighted by Gasteiger charge is 2.37. The van der Waals surface area contributed by atoms with Crippen molar-refractivity contribution in [3.63, 3.8) is 0 Å². The smallest absolute Gasteiger partial charge is 0.266 e. The lowest BCUT2D eigenvalue weighted by Gasteiger charge is -2.36. The number of carbonyl (C=O) groups is 2. The van der Waals surface area contributed by atoms with Crippen LogP contribution < -0.4 is 10.6 Å².